The zero-order valence-electron chi connectivity index (χ0n) is 21.4. The molecule has 1 aromatic carbocycles. The summed E-state index contributed by atoms with van der Waals surface area (Å²) in [7, 11) is 1.94. The Balaban J connectivity index is 1.64. The second kappa shape index (κ2) is 10.7. The number of pyridine rings is 1. The molecule has 0 amide bonds. The first-order valence-corrected chi connectivity index (χ1v) is 12.7. The highest BCUT2D eigenvalue weighted by Crippen LogP contribution is 2.38. The van der Waals surface area contributed by atoms with Crippen molar-refractivity contribution in [3.05, 3.63) is 78.0 Å². The van der Waals surface area contributed by atoms with E-state index >= 15 is 0 Å². The monoisotopic (exact) mass is 511 g/mol. The molecular formula is C29H30ClN7. The zero-order valence-corrected chi connectivity index (χ0v) is 22.1. The molecule has 1 N–H and O–H groups in total. The van der Waals surface area contributed by atoms with Crippen LogP contribution in [0.2, 0.25) is 0 Å². The third-order valence-electron chi connectivity index (χ3n) is 6.26. The van der Waals surface area contributed by atoms with Crippen molar-refractivity contribution in [3.8, 4) is 22.3 Å². The predicted molar refractivity (Wildman–Crippen MR) is 154 cm³/mol. The van der Waals surface area contributed by atoms with Gasteiger partial charge >= 0.3 is 0 Å². The third-order valence-corrected chi connectivity index (χ3v) is 6.55. The Morgan fingerprint density at radius 1 is 1.16 bits per heavy atom. The largest absolute Gasteiger partial charge is 0.318 e. The number of allylic oxidation sites excluding steroid dienone is 3. The summed E-state index contributed by atoms with van der Waals surface area (Å²) in [4.78, 5) is 9.51. The van der Waals surface area contributed by atoms with Crippen molar-refractivity contribution >= 4 is 40.1 Å². The van der Waals surface area contributed by atoms with Crippen molar-refractivity contribution in [1.29, 1.82) is 0 Å². The Bertz CT molecular complexity index is 1560. The molecule has 37 heavy (non-hydrogen) atoms. The maximum Gasteiger partial charge on any atom is 0.119 e. The first-order valence-electron chi connectivity index (χ1n) is 12.4. The summed E-state index contributed by atoms with van der Waals surface area (Å²) < 4.78 is 3.84. The Hall–Kier alpha value is -3.81. The van der Waals surface area contributed by atoms with Crippen molar-refractivity contribution in [2.24, 2.45) is 4.99 Å². The summed E-state index contributed by atoms with van der Waals surface area (Å²) in [6, 6.07) is 8.54. The van der Waals surface area contributed by atoms with Gasteiger partial charge in [-0.1, -0.05) is 30.3 Å². The lowest BCUT2D eigenvalue weighted by Gasteiger charge is -2.13. The highest BCUT2D eigenvalue weighted by molar-refractivity contribution is 6.31. The van der Waals surface area contributed by atoms with E-state index in [0.717, 1.165) is 86.9 Å². The minimum Gasteiger partial charge on any atom is -0.318 e. The average Bonchev–Trinajstić information content (AvgIpc) is 3.51. The molecule has 0 aliphatic carbocycles. The minimum atomic E-state index is 0.775. The van der Waals surface area contributed by atoms with E-state index in [1.807, 2.05) is 54.9 Å². The van der Waals surface area contributed by atoms with E-state index in [0.29, 0.717) is 0 Å². The van der Waals surface area contributed by atoms with Crippen LogP contribution in [0.5, 0.6) is 0 Å². The molecule has 5 rings (SSSR count). The number of aliphatic imine (C=N–C) groups is 1. The molecule has 0 atom stereocenters. The minimum absolute atomic E-state index is 0.775. The molecule has 3 aromatic heterocycles. The fourth-order valence-electron chi connectivity index (χ4n) is 4.56. The molecule has 0 bridgehead atoms. The molecule has 1 aliphatic heterocycles. The van der Waals surface area contributed by atoms with E-state index in [-0.39, 0.29) is 0 Å². The normalized spacial score (nSPS) is 13.4. The number of hydrogen-bond acceptors (Lipinski definition) is 5. The highest BCUT2D eigenvalue weighted by atomic mass is 35.5. The lowest BCUT2D eigenvalue weighted by atomic mass is 9.96. The van der Waals surface area contributed by atoms with Gasteiger partial charge in [0.25, 0.3) is 0 Å². The molecule has 0 saturated carbocycles. The van der Waals surface area contributed by atoms with Crippen molar-refractivity contribution in [1.82, 2.24) is 29.9 Å². The Kier molecular flexibility index (Phi) is 7.17. The molecule has 0 saturated heterocycles. The number of benzene rings is 1. The molecule has 0 spiro atoms. The van der Waals surface area contributed by atoms with Gasteiger partial charge in [-0.3, -0.25) is 14.7 Å². The molecule has 0 fully saturated rings. The smallest absolute Gasteiger partial charge is 0.119 e. The van der Waals surface area contributed by atoms with E-state index in [1.165, 1.54) is 0 Å². The molecule has 1 aliphatic rings. The van der Waals surface area contributed by atoms with Crippen molar-refractivity contribution < 1.29 is 0 Å². The van der Waals surface area contributed by atoms with Crippen LogP contribution < -0.4 is 5.32 Å². The standard InChI is InChI=1S/C29H30ClN7/c1-5-6-26(34-19(2)3)29-28(27-10-8-24(30)18-37(27)35-29)20-7-9-25-21(13-20)14-22(15-32-25)23-16-33-36(17-23)12-11-31-4/h5-7,9,13-18,31H,1,8,10-12H2,2-4H3/b26-6-. The number of aromatic nitrogens is 5. The second-order valence-corrected chi connectivity index (χ2v) is 9.75. The van der Waals surface area contributed by atoms with Gasteiger partial charge in [-0.2, -0.15) is 10.2 Å². The van der Waals surface area contributed by atoms with Gasteiger partial charge < -0.3 is 5.32 Å². The molecule has 8 heteroatoms. The summed E-state index contributed by atoms with van der Waals surface area (Å²) in [6.45, 7) is 9.53. The number of halogens is 1. The summed E-state index contributed by atoms with van der Waals surface area (Å²) in [5.74, 6) is 0. The van der Waals surface area contributed by atoms with E-state index in [9.17, 15) is 0 Å². The van der Waals surface area contributed by atoms with Gasteiger partial charge in [0.2, 0.25) is 0 Å². The fraction of sp³-hybridized carbons (Fsp3) is 0.241. The van der Waals surface area contributed by atoms with Gasteiger partial charge in [0.1, 0.15) is 5.69 Å². The van der Waals surface area contributed by atoms with E-state index in [2.05, 4.69) is 47.5 Å². The molecule has 4 aromatic rings. The molecular weight excluding hydrogens is 482 g/mol. The number of nitrogens with zero attached hydrogens (tertiary/aromatic N) is 6. The molecule has 4 heterocycles. The van der Waals surface area contributed by atoms with Gasteiger partial charge in [-0.15, -0.1) is 0 Å². The average molecular weight is 512 g/mol. The predicted octanol–water partition coefficient (Wildman–Crippen LogP) is 6.17. The van der Waals surface area contributed by atoms with Crippen LogP contribution in [0.15, 0.2) is 71.6 Å². The van der Waals surface area contributed by atoms with Crippen LogP contribution >= 0.6 is 11.6 Å². The molecule has 188 valence electrons. The topological polar surface area (TPSA) is 72.9 Å². The van der Waals surface area contributed by atoms with Crippen molar-refractivity contribution in [2.75, 3.05) is 13.6 Å². The van der Waals surface area contributed by atoms with E-state index < -0.39 is 0 Å². The number of fused-ring (bicyclic) bond motifs is 2. The Morgan fingerprint density at radius 3 is 2.78 bits per heavy atom. The second-order valence-electron chi connectivity index (χ2n) is 9.26. The number of nitrogens with one attached hydrogen (secondary N) is 1. The van der Waals surface area contributed by atoms with Gasteiger partial charge in [0.05, 0.1) is 29.6 Å². The van der Waals surface area contributed by atoms with Gasteiger partial charge in [0, 0.05) is 58.0 Å². The summed E-state index contributed by atoms with van der Waals surface area (Å²) in [6.07, 6.45) is 13.0. The van der Waals surface area contributed by atoms with E-state index in [1.54, 1.807) is 6.08 Å². The van der Waals surface area contributed by atoms with Crippen molar-refractivity contribution in [2.45, 2.75) is 33.2 Å². The van der Waals surface area contributed by atoms with Crippen LogP contribution in [0.3, 0.4) is 0 Å². The van der Waals surface area contributed by atoms with Crippen molar-refractivity contribution in [3.63, 3.8) is 0 Å². The van der Waals surface area contributed by atoms with Crippen LogP contribution in [-0.4, -0.2) is 43.8 Å². The summed E-state index contributed by atoms with van der Waals surface area (Å²) in [5, 5.41) is 14.4. The van der Waals surface area contributed by atoms with Crippen LogP contribution in [0, 0.1) is 0 Å². The first-order chi connectivity index (χ1) is 18.0. The highest BCUT2D eigenvalue weighted by Gasteiger charge is 2.24. The maximum absolute atomic E-state index is 6.38. The van der Waals surface area contributed by atoms with Gasteiger partial charge in [0.15, 0.2) is 0 Å². The lowest BCUT2D eigenvalue weighted by Crippen LogP contribution is -2.14. The zero-order chi connectivity index (χ0) is 25.9. The summed E-state index contributed by atoms with van der Waals surface area (Å²) in [5.41, 5.74) is 8.79. The number of rotatable bonds is 8. The fourth-order valence-corrected chi connectivity index (χ4v) is 4.75. The molecule has 0 radical (unpaired) electrons. The van der Waals surface area contributed by atoms with Crippen LogP contribution in [0.4, 0.5) is 0 Å². The number of likely N-dealkylation sites (N-methyl/N-ethyl adjacent to an activating group) is 1. The third kappa shape index (κ3) is 5.19. The van der Waals surface area contributed by atoms with E-state index in [4.69, 9.17) is 26.7 Å². The summed E-state index contributed by atoms with van der Waals surface area (Å²) >= 11 is 6.38. The van der Waals surface area contributed by atoms with Crippen LogP contribution in [-0.2, 0) is 13.0 Å². The van der Waals surface area contributed by atoms with Gasteiger partial charge in [-0.25, -0.2) is 4.68 Å². The maximum atomic E-state index is 6.38. The van der Waals surface area contributed by atoms with Gasteiger partial charge in [-0.05, 0) is 63.6 Å². The molecule has 7 nitrogen and oxygen atoms in total. The lowest BCUT2D eigenvalue weighted by molar-refractivity contribution is 0.585. The van der Waals surface area contributed by atoms with Crippen LogP contribution in [0.1, 0.15) is 31.7 Å². The quantitative estimate of drug-likeness (QED) is 0.227. The van der Waals surface area contributed by atoms with Crippen LogP contribution in [0.25, 0.3) is 45.1 Å². The Labute approximate surface area is 221 Å². The Morgan fingerprint density at radius 2 is 2.00 bits per heavy atom. The first kappa shape index (κ1) is 24.9. The molecule has 0 unspecified atom stereocenters. The number of hydrogen-bond donors (Lipinski definition) is 1. The SMILES string of the molecule is C=C/C=C(\N=C(C)C)c1nn2c(c1-c1ccc3ncc(-c4cnn(CCNC)c4)cc3c1)CCC(Cl)=C2.